The highest BCUT2D eigenvalue weighted by Gasteiger charge is 2.10. The predicted molar refractivity (Wildman–Crippen MR) is 65.9 cm³/mol. The molecule has 96 valence electrons. The summed E-state index contributed by atoms with van der Waals surface area (Å²) in [6.07, 6.45) is 1.65. The lowest BCUT2D eigenvalue weighted by atomic mass is 10.1. The Labute approximate surface area is 109 Å². The lowest BCUT2D eigenvalue weighted by Crippen LogP contribution is -2.16. The van der Waals surface area contributed by atoms with Crippen LogP contribution in [0.25, 0.3) is 0 Å². The zero-order valence-corrected chi connectivity index (χ0v) is 10.0. The summed E-state index contributed by atoms with van der Waals surface area (Å²) in [5.41, 5.74) is 0.690. The third-order valence-corrected chi connectivity index (χ3v) is 2.60. The largest absolute Gasteiger partial charge is 0.307 e. The van der Waals surface area contributed by atoms with E-state index in [4.69, 9.17) is 5.26 Å². The van der Waals surface area contributed by atoms with Crippen LogP contribution < -0.4 is 5.32 Å². The number of rotatable bonds is 4. The topological polar surface area (TPSA) is 48.7 Å². The fraction of sp³-hybridized carbons (Fsp3) is 0.143. The minimum absolute atomic E-state index is 0.0246. The molecule has 0 unspecified atom stereocenters. The van der Waals surface area contributed by atoms with E-state index >= 15 is 0 Å². The lowest BCUT2D eigenvalue weighted by molar-refractivity contribution is 0.533. The van der Waals surface area contributed by atoms with Crippen LogP contribution in [0, 0.1) is 23.0 Å². The number of halogens is 2. The first-order valence-electron chi connectivity index (χ1n) is 5.69. The van der Waals surface area contributed by atoms with Gasteiger partial charge in [0.05, 0.1) is 17.3 Å². The summed E-state index contributed by atoms with van der Waals surface area (Å²) in [4.78, 5) is 4.09. The third-order valence-electron chi connectivity index (χ3n) is 2.60. The first-order valence-corrected chi connectivity index (χ1v) is 5.69. The fourth-order valence-corrected chi connectivity index (χ4v) is 1.65. The molecule has 2 rings (SSSR count). The van der Waals surface area contributed by atoms with Crippen LogP contribution in [0.4, 0.5) is 8.78 Å². The summed E-state index contributed by atoms with van der Waals surface area (Å²) in [7, 11) is 0. The van der Waals surface area contributed by atoms with E-state index in [-0.39, 0.29) is 17.7 Å². The first kappa shape index (κ1) is 13.1. The molecule has 0 bridgehead atoms. The maximum atomic E-state index is 13.6. The molecule has 19 heavy (non-hydrogen) atoms. The molecule has 0 fully saturated rings. The molecule has 0 aliphatic carbocycles. The molecule has 0 aliphatic heterocycles. The molecule has 5 heteroatoms. The van der Waals surface area contributed by atoms with Crippen molar-refractivity contribution in [1.82, 2.24) is 10.3 Å². The van der Waals surface area contributed by atoms with E-state index in [1.165, 1.54) is 0 Å². The van der Waals surface area contributed by atoms with Gasteiger partial charge in [0.2, 0.25) is 0 Å². The molecule has 3 nitrogen and oxygen atoms in total. The molecule has 0 spiro atoms. The molecule has 0 aliphatic rings. The van der Waals surface area contributed by atoms with Gasteiger partial charge in [0.15, 0.2) is 0 Å². The highest BCUT2D eigenvalue weighted by molar-refractivity contribution is 5.34. The van der Waals surface area contributed by atoms with Crippen LogP contribution in [-0.2, 0) is 13.1 Å². The van der Waals surface area contributed by atoms with E-state index in [0.717, 1.165) is 17.8 Å². The number of benzene rings is 1. The van der Waals surface area contributed by atoms with Gasteiger partial charge in [-0.1, -0.05) is 6.07 Å². The van der Waals surface area contributed by atoms with Gasteiger partial charge in [-0.2, -0.15) is 5.26 Å². The molecular weight excluding hydrogens is 248 g/mol. The third kappa shape index (κ3) is 3.33. The molecule has 0 atom stereocenters. The first-order chi connectivity index (χ1) is 9.20. The Kier molecular flexibility index (Phi) is 4.16. The Bertz CT molecular complexity index is 583. The van der Waals surface area contributed by atoms with Gasteiger partial charge in [-0.25, -0.2) is 8.78 Å². The molecule has 0 saturated heterocycles. The highest BCUT2D eigenvalue weighted by atomic mass is 19.1. The number of nitrogens with one attached hydrogen (secondary N) is 1. The number of aromatic nitrogens is 1. The van der Waals surface area contributed by atoms with Crippen molar-refractivity contribution >= 4 is 0 Å². The monoisotopic (exact) mass is 259 g/mol. The van der Waals surface area contributed by atoms with Crippen molar-refractivity contribution in [2.24, 2.45) is 0 Å². The summed E-state index contributed by atoms with van der Waals surface area (Å²) >= 11 is 0. The maximum Gasteiger partial charge on any atom is 0.131 e. The standard InChI is InChI=1S/C14H11F2N3/c15-13-5-10(7-17)6-14(16)12(13)9-18-8-11-3-1-2-4-19-11/h1-6,18H,8-9H2. The fourth-order valence-electron chi connectivity index (χ4n) is 1.65. The normalized spacial score (nSPS) is 10.2. The summed E-state index contributed by atoms with van der Waals surface area (Å²) in [6, 6.07) is 9.22. The van der Waals surface area contributed by atoms with Gasteiger partial charge in [-0.3, -0.25) is 4.98 Å². The van der Waals surface area contributed by atoms with Crippen LogP contribution in [0.5, 0.6) is 0 Å². The molecule has 0 radical (unpaired) electrons. The summed E-state index contributed by atoms with van der Waals surface area (Å²) in [5, 5.41) is 11.5. The summed E-state index contributed by atoms with van der Waals surface area (Å²) in [6.45, 7) is 0.458. The number of nitriles is 1. The molecule has 1 N–H and O–H groups in total. The second-order valence-corrected chi connectivity index (χ2v) is 3.95. The average molecular weight is 259 g/mol. The van der Waals surface area contributed by atoms with Crippen molar-refractivity contribution in [3.8, 4) is 6.07 Å². The minimum Gasteiger partial charge on any atom is -0.307 e. The van der Waals surface area contributed by atoms with E-state index < -0.39 is 11.6 Å². The van der Waals surface area contributed by atoms with Crippen LogP contribution in [0.1, 0.15) is 16.8 Å². The molecule has 1 aromatic carbocycles. The van der Waals surface area contributed by atoms with E-state index in [1.807, 2.05) is 12.1 Å². The Morgan fingerprint density at radius 2 is 1.89 bits per heavy atom. The zero-order valence-electron chi connectivity index (χ0n) is 10.0. The zero-order chi connectivity index (χ0) is 13.7. The van der Waals surface area contributed by atoms with Gasteiger partial charge in [-0.15, -0.1) is 0 Å². The van der Waals surface area contributed by atoms with Crippen LogP contribution >= 0.6 is 0 Å². The second-order valence-electron chi connectivity index (χ2n) is 3.95. The van der Waals surface area contributed by atoms with Gasteiger partial charge in [-0.05, 0) is 24.3 Å². The SMILES string of the molecule is N#Cc1cc(F)c(CNCc2ccccn2)c(F)c1. The van der Waals surface area contributed by atoms with Crippen LogP contribution in [0.2, 0.25) is 0 Å². The van der Waals surface area contributed by atoms with E-state index in [0.29, 0.717) is 6.54 Å². The van der Waals surface area contributed by atoms with E-state index in [9.17, 15) is 8.78 Å². The second kappa shape index (κ2) is 6.03. The van der Waals surface area contributed by atoms with Crippen molar-refractivity contribution in [3.05, 3.63) is 65.0 Å². The van der Waals surface area contributed by atoms with Gasteiger partial charge in [0.1, 0.15) is 11.6 Å². The van der Waals surface area contributed by atoms with Crippen molar-refractivity contribution < 1.29 is 8.78 Å². The highest BCUT2D eigenvalue weighted by Crippen LogP contribution is 2.15. The Morgan fingerprint density at radius 3 is 2.47 bits per heavy atom. The number of pyridine rings is 1. The molecule has 0 saturated carbocycles. The van der Waals surface area contributed by atoms with Crippen molar-refractivity contribution in [2.75, 3.05) is 0 Å². The molecular formula is C14H11F2N3. The molecule has 2 aromatic rings. The number of hydrogen-bond acceptors (Lipinski definition) is 3. The Balaban J connectivity index is 2.02. The number of nitrogens with zero attached hydrogens (tertiary/aromatic N) is 2. The van der Waals surface area contributed by atoms with Crippen LogP contribution in [0.15, 0.2) is 36.5 Å². The lowest BCUT2D eigenvalue weighted by Gasteiger charge is -2.07. The van der Waals surface area contributed by atoms with Gasteiger partial charge < -0.3 is 5.32 Å². The van der Waals surface area contributed by atoms with Gasteiger partial charge in [0.25, 0.3) is 0 Å². The summed E-state index contributed by atoms with van der Waals surface area (Å²) in [5.74, 6) is -1.44. The molecule has 1 aromatic heterocycles. The van der Waals surface area contributed by atoms with E-state index in [1.54, 1.807) is 18.3 Å². The van der Waals surface area contributed by atoms with Gasteiger partial charge >= 0.3 is 0 Å². The smallest absolute Gasteiger partial charge is 0.131 e. The van der Waals surface area contributed by atoms with Crippen molar-refractivity contribution in [2.45, 2.75) is 13.1 Å². The maximum absolute atomic E-state index is 13.6. The minimum atomic E-state index is -0.718. The van der Waals surface area contributed by atoms with Crippen molar-refractivity contribution in [1.29, 1.82) is 5.26 Å². The van der Waals surface area contributed by atoms with Gasteiger partial charge in [0, 0.05) is 24.8 Å². The number of hydrogen-bond donors (Lipinski definition) is 1. The molecule has 1 heterocycles. The molecule has 0 amide bonds. The van der Waals surface area contributed by atoms with Crippen LogP contribution in [0.3, 0.4) is 0 Å². The quantitative estimate of drug-likeness (QED) is 0.917. The van der Waals surface area contributed by atoms with Crippen LogP contribution in [-0.4, -0.2) is 4.98 Å². The summed E-state index contributed by atoms with van der Waals surface area (Å²) < 4.78 is 27.2. The van der Waals surface area contributed by atoms with Crippen molar-refractivity contribution in [3.63, 3.8) is 0 Å². The average Bonchev–Trinajstić information content (AvgIpc) is 2.42. The Hall–Kier alpha value is -2.32. The van der Waals surface area contributed by atoms with E-state index in [2.05, 4.69) is 10.3 Å². The predicted octanol–water partition coefficient (Wildman–Crippen LogP) is 2.52. The Morgan fingerprint density at radius 1 is 1.16 bits per heavy atom.